The Morgan fingerprint density at radius 1 is 1.00 bits per heavy atom. The Hall–Kier alpha value is -1.59. The molecule has 0 aliphatic heterocycles. The maximum atomic E-state index is 14.5. The van der Waals surface area contributed by atoms with Crippen molar-refractivity contribution in [2.45, 2.75) is 71.1 Å². The highest BCUT2D eigenvalue weighted by molar-refractivity contribution is 5.68. The molecule has 1 atom stereocenters. The van der Waals surface area contributed by atoms with Crippen molar-refractivity contribution in [1.82, 2.24) is 0 Å². The summed E-state index contributed by atoms with van der Waals surface area (Å²) < 4.78 is 69.0. The highest BCUT2D eigenvalue weighted by atomic mass is 19.4. The van der Waals surface area contributed by atoms with Gasteiger partial charge in [0.05, 0.1) is 0 Å². The van der Waals surface area contributed by atoms with Gasteiger partial charge in [0.25, 0.3) is 0 Å². The van der Waals surface area contributed by atoms with E-state index in [0.29, 0.717) is 23.8 Å². The van der Waals surface area contributed by atoms with Gasteiger partial charge in [-0.3, -0.25) is 0 Å². The number of hydrogen-bond donors (Lipinski definition) is 0. The van der Waals surface area contributed by atoms with Crippen LogP contribution in [0.5, 0.6) is 5.75 Å². The molecule has 0 amide bonds. The summed E-state index contributed by atoms with van der Waals surface area (Å²) >= 11 is 0. The molecule has 28 heavy (non-hydrogen) atoms. The first-order valence-electron chi connectivity index (χ1n) is 10.2. The van der Waals surface area contributed by atoms with Gasteiger partial charge in [-0.05, 0) is 67.6 Å². The quantitative estimate of drug-likeness (QED) is 0.460. The normalized spacial score (nSPS) is 26.1. The van der Waals surface area contributed by atoms with E-state index in [-0.39, 0.29) is 5.56 Å². The SMILES string of the molecule is CCCC1CCC(C2CC=C(c3ccc(F)c(OC(F)(F)F)c3F)CC2)CC1. The molecule has 1 aromatic carbocycles. The Morgan fingerprint density at radius 3 is 2.29 bits per heavy atom. The van der Waals surface area contributed by atoms with E-state index >= 15 is 0 Å². The van der Waals surface area contributed by atoms with Crippen molar-refractivity contribution in [1.29, 1.82) is 0 Å². The molecule has 0 saturated heterocycles. The minimum atomic E-state index is -5.14. The van der Waals surface area contributed by atoms with Crippen LogP contribution in [0.2, 0.25) is 0 Å². The van der Waals surface area contributed by atoms with E-state index in [1.165, 1.54) is 44.6 Å². The lowest BCUT2D eigenvalue weighted by atomic mass is 9.70. The summed E-state index contributed by atoms with van der Waals surface area (Å²) in [7, 11) is 0. The number of rotatable bonds is 5. The third kappa shape index (κ3) is 5.06. The maximum absolute atomic E-state index is 14.5. The molecule has 0 heterocycles. The molecule has 0 bridgehead atoms. The van der Waals surface area contributed by atoms with Crippen molar-refractivity contribution >= 4 is 5.57 Å². The lowest BCUT2D eigenvalue weighted by Gasteiger charge is -2.35. The fraction of sp³-hybridized carbons (Fsp3) is 0.636. The molecule has 1 fully saturated rings. The van der Waals surface area contributed by atoms with Crippen LogP contribution in [0, 0.1) is 29.4 Å². The van der Waals surface area contributed by atoms with Crippen LogP contribution < -0.4 is 4.74 Å². The summed E-state index contributed by atoms with van der Waals surface area (Å²) in [6.07, 6.45) is 6.59. The first-order valence-corrected chi connectivity index (χ1v) is 10.2. The van der Waals surface area contributed by atoms with E-state index in [1.807, 2.05) is 6.08 Å². The molecular weight excluding hydrogens is 375 g/mol. The number of alkyl halides is 3. The molecule has 156 valence electrons. The molecule has 0 aromatic heterocycles. The van der Waals surface area contributed by atoms with Crippen molar-refractivity contribution in [3.05, 3.63) is 35.4 Å². The molecule has 3 rings (SSSR count). The number of hydrogen-bond acceptors (Lipinski definition) is 1. The number of benzene rings is 1. The molecule has 1 aromatic rings. The molecule has 2 aliphatic rings. The lowest BCUT2D eigenvalue weighted by Crippen LogP contribution is -2.23. The summed E-state index contributed by atoms with van der Waals surface area (Å²) in [6, 6.07) is 2.04. The second-order valence-corrected chi connectivity index (χ2v) is 8.12. The average Bonchev–Trinajstić information content (AvgIpc) is 2.66. The third-order valence-corrected chi connectivity index (χ3v) is 6.32. The van der Waals surface area contributed by atoms with Gasteiger partial charge in [-0.15, -0.1) is 13.2 Å². The topological polar surface area (TPSA) is 9.23 Å². The summed E-state index contributed by atoms with van der Waals surface area (Å²) in [4.78, 5) is 0. The first-order chi connectivity index (χ1) is 13.3. The number of halogens is 5. The molecule has 6 heteroatoms. The number of allylic oxidation sites excluding steroid dienone is 2. The second-order valence-electron chi connectivity index (χ2n) is 8.12. The van der Waals surface area contributed by atoms with E-state index in [2.05, 4.69) is 11.7 Å². The maximum Gasteiger partial charge on any atom is 0.573 e. The fourth-order valence-electron chi connectivity index (χ4n) is 4.87. The summed E-state index contributed by atoms with van der Waals surface area (Å²) in [5.74, 6) is -1.94. The standard InChI is InChI=1S/C22H27F5O/c1-2-3-14-4-6-15(7-5-14)16-8-10-17(11-9-16)18-12-13-19(23)21(20(18)24)28-22(25,26)27/h10,12-16H,2-9,11H2,1H3. The molecular formula is C22H27F5O. The molecule has 2 aliphatic carbocycles. The Morgan fingerprint density at radius 2 is 1.71 bits per heavy atom. The molecule has 0 N–H and O–H groups in total. The minimum Gasteiger partial charge on any atom is -0.399 e. The number of ether oxygens (including phenoxy) is 1. The Labute approximate surface area is 163 Å². The van der Waals surface area contributed by atoms with Crippen LogP contribution in [0.25, 0.3) is 5.57 Å². The van der Waals surface area contributed by atoms with Crippen LogP contribution in [-0.4, -0.2) is 6.36 Å². The van der Waals surface area contributed by atoms with E-state index < -0.39 is 23.7 Å². The zero-order valence-corrected chi connectivity index (χ0v) is 16.1. The van der Waals surface area contributed by atoms with E-state index in [0.717, 1.165) is 24.8 Å². The Bertz CT molecular complexity index is 702. The van der Waals surface area contributed by atoms with E-state index in [4.69, 9.17) is 0 Å². The van der Waals surface area contributed by atoms with Gasteiger partial charge in [0, 0.05) is 5.56 Å². The van der Waals surface area contributed by atoms with Crippen LogP contribution in [0.15, 0.2) is 18.2 Å². The zero-order chi connectivity index (χ0) is 20.3. The van der Waals surface area contributed by atoms with Gasteiger partial charge in [0.15, 0.2) is 11.6 Å². The lowest BCUT2D eigenvalue weighted by molar-refractivity contribution is -0.276. The average molecular weight is 402 g/mol. The van der Waals surface area contributed by atoms with Gasteiger partial charge in [-0.2, -0.15) is 0 Å². The smallest absolute Gasteiger partial charge is 0.399 e. The summed E-state index contributed by atoms with van der Waals surface area (Å²) in [6.45, 7) is 2.22. The van der Waals surface area contributed by atoms with Crippen LogP contribution >= 0.6 is 0 Å². The van der Waals surface area contributed by atoms with Crippen LogP contribution in [0.4, 0.5) is 22.0 Å². The van der Waals surface area contributed by atoms with Gasteiger partial charge >= 0.3 is 6.36 Å². The minimum absolute atomic E-state index is 0.00533. The first kappa shape index (κ1) is 21.1. The monoisotopic (exact) mass is 402 g/mol. The highest BCUT2D eigenvalue weighted by Gasteiger charge is 2.35. The summed E-state index contributed by atoms with van der Waals surface area (Å²) in [5, 5.41) is 0. The Balaban J connectivity index is 1.67. The largest absolute Gasteiger partial charge is 0.573 e. The third-order valence-electron chi connectivity index (χ3n) is 6.32. The van der Waals surface area contributed by atoms with Crippen molar-refractivity contribution in [2.75, 3.05) is 0 Å². The van der Waals surface area contributed by atoms with Gasteiger partial charge in [0.1, 0.15) is 0 Å². The van der Waals surface area contributed by atoms with Crippen molar-refractivity contribution < 1.29 is 26.7 Å². The molecule has 1 saturated carbocycles. The molecule has 1 nitrogen and oxygen atoms in total. The predicted molar refractivity (Wildman–Crippen MR) is 98.7 cm³/mol. The Kier molecular flexibility index (Phi) is 6.66. The van der Waals surface area contributed by atoms with Crippen LogP contribution in [0.1, 0.15) is 70.3 Å². The van der Waals surface area contributed by atoms with Crippen LogP contribution in [0.3, 0.4) is 0 Å². The van der Waals surface area contributed by atoms with Gasteiger partial charge in [-0.25, -0.2) is 8.78 Å². The zero-order valence-electron chi connectivity index (χ0n) is 16.1. The van der Waals surface area contributed by atoms with Gasteiger partial charge < -0.3 is 4.74 Å². The molecule has 0 radical (unpaired) electrons. The van der Waals surface area contributed by atoms with Crippen molar-refractivity contribution in [3.63, 3.8) is 0 Å². The molecule has 1 unspecified atom stereocenters. The van der Waals surface area contributed by atoms with Crippen LogP contribution in [-0.2, 0) is 0 Å². The highest BCUT2D eigenvalue weighted by Crippen LogP contribution is 2.43. The predicted octanol–water partition coefficient (Wildman–Crippen LogP) is 7.65. The van der Waals surface area contributed by atoms with Gasteiger partial charge in [-0.1, -0.05) is 38.7 Å². The van der Waals surface area contributed by atoms with E-state index in [1.54, 1.807) is 0 Å². The molecule has 0 spiro atoms. The van der Waals surface area contributed by atoms with E-state index in [9.17, 15) is 22.0 Å². The van der Waals surface area contributed by atoms with Gasteiger partial charge in [0.2, 0.25) is 5.75 Å². The van der Waals surface area contributed by atoms with Crippen molar-refractivity contribution in [3.8, 4) is 5.75 Å². The van der Waals surface area contributed by atoms with Crippen molar-refractivity contribution in [2.24, 2.45) is 17.8 Å². The summed E-state index contributed by atoms with van der Waals surface area (Å²) in [5.41, 5.74) is 0.645. The fourth-order valence-corrected chi connectivity index (χ4v) is 4.87. The second kappa shape index (κ2) is 8.83.